The zero-order chi connectivity index (χ0) is 14.0. The van der Waals surface area contributed by atoms with Gasteiger partial charge >= 0.3 is 5.97 Å². The Morgan fingerprint density at radius 3 is 2.37 bits per heavy atom. The van der Waals surface area contributed by atoms with Gasteiger partial charge in [-0.05, 0) is 35.9 Å². The molecule has 1 heterocycles. The number of carboxylic acid groups (broad SMARTS) is 1. The lowest BCUT2D eigenvalue weighted by Gasteiger charge is -2.01. The van der Waals surface area contributed by atoms with Gasteiger partial charge in [0, 0.05) is 4.88 Å². The molecule has 6 heteroatoms. The molecule has 1 aromatic carbocycles. The van der Waals surface area contributed by atoms with Gasteiger partial charge in [0.1, 0.15) is 0 Å². The second-order valence-electron chi connectivity index (χ2n) is 3.64. The van der Waals surface area contributed by atoms with Gasteiger partial charge in [-0.15, -0.1) is 11.3 Å². The molecule has 0 aliphatic rings. The molecule has 0 bridgehead atoms. The third kappa shape index (κ3) is 3.51. The predicted molar refractivity (Wildman–Crippen MR) is 81.3 cm³/mol. The van der Waals surface area contributed by atoms with Gasteiger partial charge in [0.05, 0.1) is 20.0 Å². The highest BCUT2D eigenvalue weighted by Crippen LogP contribution is 2.30. The van der Waals surface area contributed by atoms with E-state index in [0.29, 0.717) is 24.8 Å². The minimum atomic E-state index is -1.02. The number of carboxylic acids is 1. The zero-order valence-corrected chi connectivity index (χ0v) is 12.4. The molecule has 0 aliphatic carbocycles. The van der Waals surface area contributed by atoms with Crippen LogP contribution in [0.15, 0.2) is 30.3 Å². The molecule has 0 spiro atoms. The summed E-state index contributed by atoms with van der Waals surface area (Å²) in [5.74, 6) is -1.02. The summed E-state index contributed by atoms with van der Waals surface area (Å²) >= 11 is 18.7. The average Bonchev–Trinajstić information content (AvgIpc) is 2.76. The van der Waals surface area contributed by atoms with Crippen molar-refractivity contribution in [2.45, 2.75) is 0 Å². The monoisotopic (exact) mass is 332 g/mol. The molecule has 0 atom stereocenters. The van der Waals surface area contributed by atoms with Gasteiger partial charge in [0.2, 0.25) is 0 Å². The maximum absolute atomic E-state index is 11.3. The van der Waals surface area contributed by atoms with E-state index in [4.69, 9.17) is 34.8 Å². The molecule has 2 rings (SSSR count). The van der Waals surface area contributed by atoms with Crippen molar-refractivity contribution in [2.75, 3.05) is 0 Å². The number of hydrogen-bond donors (Lipinski definition) is 1. The van der Waals surface area contributed by atoms with Crippen molar-refractivity contribution < 1.29 is 9.90 Å². The Kier molecular flexibility index (Phi) is 4.53. The van der Waals surface area contributed by atoms with Crippen LogP contribution in [0.4, 0.5) is 0 Å². The smallest absolute Gasteiger partial charge is 0.337 e. The van der Waals surface area contributed by atoms with Crippen molar-refractivity contribution in [1.29, 1.82) is 0 Å². The first-order valence-corrected chi connectivity index (χ1v) is 7.08. The van der Waals surface area contributed by atoms with E-state index in [1.807, 2.05) is 0 Å². The maximum atomic E-state index is 11.3. The molecule has 0 radical (unpaired) electrons. The van der Waals surface area contributed by atoms with Gasteiger partial charge in [-0.1, -0.05) is 40.9 Å². The number of hydrogen-bond acceptors (Lipinski definition) is 2. The van der Waals surface area contributed by atoms with Crippen LogP contribution < -0.4 is 0 Å². The van der Waals surface area contributed by atoms with Crippen LogP contribution in [0.5, 0.6) is 0 Å². The SMILES string of the molecule is O=C(O)/C(=C\c1ccc(Cl)c(Cl)c1)c1ccc(Cl)s1. The molecule has 0 saturated carbocycles. The standard InChI is InChI=1S/C13H7Cl3O2S/c14-9-2-1-7(6-10(9)15)5-8(13(17)18)11-3-4-12(16)19-11/h1-6H,(H,17,18)/b8-5-. The number of halogens is 3. The van der Waals surface area contributed by atoms with Crippen molar-refractivity contribution in [1.82, 2.24) is 0 Å². The Morgan fingerprint density at radius 2 is 1.84 bits per heavy atom. The van der Waals surface area contributed by atoms with Crippen LogP contribution in [0, 0.1) is 0 Å². The summed E-state index contributed by atoms with van der Waals surface area (Å²) in [5, 5.41) is 10.1. The normalized spacial score (nSPS) is 11.6. The van der Waals surface area contributed by atoms with Crippen molar-refractivity contribution in [3.63, 3.8) is 0 Å². The quantitative estimate of drug-likeness (QED) is 0.770. The minimum absolute atomic E-state index is 0.162. The van der Waals surface area contributed by atoms with Gasteiger partial charge in [-0.2, -0.15) is 0 Å². The fourth-order valence-electron chi connectivity index (χ4n) is 1.47. The molecule has 0 fully saturated rings. The molecule has 2 nitrogen and oxygen atoms in total. The molecule has 0 amide bonds. The fraction of sp³-hybridized carbons (Fsp3) is 0. The van der Waals surface area contributed by atoms with Crippen LogP contribution in [-0.2, 0) is 4.79 Å². The number of aliphatic carboxylic acids is 1. The first kappa shape index (κ1) is 14.4. The third-order valence-corrected chi connectivity index (χ3v) is 4.33. The van der Waals surface area contributed by atoms with E-state index in [-0.39, 0.29) is 5.57 Å². The summed E-state index contributed by atoms with van der Waals surface area (Å²) in [5.41, 5.74) is 0.826. The summed E-state index contributed by atoms with van der Waals surface area (Å²) in [6, 6.07) is 8.27. The van der Waals surface area contributed by atoms with Crippen LogP contribution >= 0.6 is 46.1 Å². The van der Waals surface area contributed by atoms with E-state index in [2.05, 4.69) is 0 Å². The molecular weight excluding hydrogens is 327 g/mol. The van der Waals surface area contributed by atoms with E-state index in [0.717, 1.165) is 0 Å². The zero-order valence-electron chi connectivity index (χ0n) is 9.36. The second-order valence-corrected chi connectivity index (χ2v) is 6.17. The van der Waals surface area contributed by atoms with E-state index in [1.165, 1.54) is 17.4 Å². The number of rotatable bonds is 3. The Hall–Kier alpha value is -1.000. The summed E-state index contributed by atoms with van der Waals surface area (Å²) in [6.07, 6.45) is 1.53. The van der Waals surface area contributed by atoms with Crippen LogP contribution in [0.2, 0.25) is 14.4 Å². The summed E-state index contributed by atoms with van der Waals surface area (Å²) in [7, 11) is 0. The highest BCUT2D eigenvalue weighted by Gasteiger charge is 2.13. The number of thiophene rings is 1. The lowest BCUT2D eigenvalue weighted by molar-refractivity contribution is -0.130. The molecule has 1 N–H and O–H groups in total. The molecule has 98 valence electrons. The fourth-order valence-corrected chi connectivity index (χ4v) is 2.82. The first-order chi connectivity index (χ1) is 8.97. The molecule has 19 heavy (non-hydrogen) atoms. The summed E-state index contributed by atoms with van der Waals surface area (Å²) in [4.78, 5) is 11.9. The molecule has 0 aliphatic heterocycles. The Morgan fingerprint density at radius 1 is 1.11 bits per heavy atom. The minimum Gasteiger partial charge on any atom is -0.478 e. The lowest BCUT2D eigenvalue weighted by Crippen LogP contribution is -1.97. The van der Waals surface area contributed by atoms with Crippen molar-refractivity contribution in [3.05, 3.63) is 55.2 Å². The highest BCUT2D eigenvalue weighted by atomic mass is 35.5. The van der Waals surface area contributed by atoms with Crippen LogP contribution in [0.1, 0.15) is 10.4 Å². The van der Waals surface area contributed by atoms with Gasteiger partial charge < -0.3 is 5.11 Å². The molecular formula is C13H7Cl3O2S. The van der Waals surface area contributed by atoms with Crippen molar-refractivity contribution >= 4 is 63.8 Å². The van der Waals surface area contributed by atoms with Crippen LogP contribution in [0.3, 0.4) is 0 Å². The largest absolute Gasteiger partial charge is 0.478 e. The second kappa shape index (κ2) is 5.97. The van der Waals surface area contributed by atoms with E-state index < -0.39 is 5.97 Å². The van der Waals surface area contributed by atoms with Crippen LogP contribution in [0.25, 0.3) is 11.6 Å². The van der Waals surface area contributed by atoms with Gasteiger partial charge in [-0.3, -0.25) is 0 Å². The highest BCUT2D eigenvalue weighted by molar-refractivity contribution is 7.17. The molecule has 0 saturated heterocycles. The third-order valence-electron chi connectivity index (χ3n) is 2.32. The van der Waals surface area contributed by atoms with Crippen molar-refractivity contribution in [3.8, 4) is 0 Å². The number of benzene rings is 1. The Bertz CT molecular complexity index is 662. The summed E-state index contributed by atoms with van der Waals surface area (Å²) in [6.45, 7) is 0. The molecule has 0 unspecified atom stereocenters. The van der Waals surface area contributed by atoms with Gasteiger partial charge in [-0.25, -0.2) is 4.79 Å². The van der Waals surface area contributed by atoms with Gasteiger partial charge in [0.15, 0.2) is 0 Å². The molecule has 2 aromatic rings. The topological polar surface area (TPSA) is 37.3 Å². The van der Waals surface area contributed by atoms with Crippen molar-refractivity contribution in [2.24, 2.45) is 0 Å². The van der Waals surface area contributed by atoms with Gasteiger partial charge in [0.25, 0.3) is 0 Å². The molecule has 1 aromatic heterocycles. The Labute approximate surface area is 128 Å². The maximum Gasteiger partial charge on any atom is 0.337 e. The Balaban J connectivity index is 2.46. The first-order valence-electron chi connectivity index (χ1n) is 5.13. The van der Waals surface area contributed by atoms with Crippen LogP contribution in [-0.4, -0.2) is 11.1 Å². The number of carbonyl (C=O) groups is 1. The predicted octanol–water partition coefficient (Wildman–Crippen LogP) is 5.33. The van der Waals surface area contributed by atoms with E-state index in [9.17, 15) is 9.90 Å². The van der Waals surface area contributed by atoms with E-state index >= 15 is 0 Å². The van der Waals surface area contributed by atoms with E-state index in [1.54, 1.807) is 30.3 Å². The summed E-state index contributed by atoms with van der Waals surface area (Å²) < 4.78 is 0.538. The lowest BCUT2D eigenvalue weighted by atomic mass is 10.1. The average molecular weight is 334 g/mol.